The Bertz CT molecular complexity index is 598. The van der Waals surface area contributed by atoms with E-state index in [1.54, 1.807) is 24.3 Å². The second-order valence-electron chi connectivity index (χ2n) is 4.97. The summed E-state index contributed by atoms with van der Waals surface area (Å²) in [6.07, 6.45) is 0.738. The molecule has 1 unspecified atom stereocenters. The molecule has 0 aromatic heterocycles. The van der Waals surface area contributed by atoms with E-state index in [1.165, 1.54) is 12.1 Å². The molecule has 0 saturated carbocycles. The van der Waals surface area contributed by atoms with Crippen molar-refractivity contribution in [1.82, 2.24) is 5.32 Å². The van der Waals surface area contributed by atoms with Crippen molar-refractivity contribution in [3.8, 4) is 0 Å². The molecular formula is C17H18F3N. The molecule has 112 valence electrons. The molecule has 0 aliphatic carbocycles. The van der Waals surface area contributed by atoms with Gasteiger partial charge >= 0.3 is 0 Å². The minimum absolute atomic E-state index is 0.150. The Morgan fingerprint density at radius 2 is 1.48 bits per heavy atom. The van der Waals surface area contributed by atoms with Crippen LogP contribution in [0.15, 0.2) is 42.5 Å². The molecular weight excluding hydrogens is 275 g/mol. The lowest BCUT2D eigenvalue weighted by atomic mass is 9.98. The van der Waals surface area contributed by atoms with E-state index in [1.807, 2.05) is 6.92 Å². The molecule has 0 saturated heterocycles. The predicted molar refractivity (Wildman–Crippen MR) is 77.6 cm³/mol. The molecule has 0 heterocycles. The fourth-order valence-electron chi connectivity index (χ4n) is 2.41. The van der Waals surface area contributed by atoms with Crippen LogP contribution in [0.5, 0.6) is 0 Å². The molecule has 0 bridgehead atoms. The molecule has 21 heavy (non-hydrogen) atoms. The number of hydrogen-bond donors (Lipinski definition) is 1. The van der Waals surface area contributed by atoms with Crippen LogP contribution in [0.4, 0.5) is 13.2 Å². The van der Waals surface area contributed by atoms with Gasteiger partial charge in [-0.3, -0.25) is 0 Å². The summed E-state index contributed by atoms with van der Waals surface area (Å²) in [5.41, 5.74) is 0.873. The number of halogens is 3. The van der Waals surface area contributed by atoms with Crippen molar-refractivity contribution in [3.63, 3.8) is 0 Å². The number of rotatable bonds is 6. The maximum Gasteiger partial charge on any atom is 0.162 e. The van der Waals surface area contributed by atoms with Gasteiger partial charge in [-0.15, -0.1) is 0 Å². The van der Waals surface area contributed by atoms with E-state index in [2.05, 4.69) is 5.32 Å². The third-order valence-electron chi connectivity index (χ3n) is 3.41. The van der Waals surface area contributed by atoms with Crippen molar-refractivity contribution in [3.05, 3.63) is 71.0 Å². The highest BCUT2D eigenvalue weighted by Crippen LogP contribution is 2.16. The molecule has 4 heteroatoms. The molecule has 2 aromatic carbocycles. The third-order valence-corrected chi connectivity index (χ3v) is 3.41. The zero-order chi connectivity index (χ0) is 15.2. The van der Waals surface area contributed by atoms with E-state index < -0.39 is 11.6 Å². The summed E-state index contributed by atoms with van der Waals surface area (Å²) in [7, 11) is 0. The summed E-state index contributed by atoms with van der Waals surface area (Å²) in [6.45, 7) is 2.60. The Morgan fingerprint density at radius 1 is 0.857 bits per heavy atom. The minimum atomic E-state index is -0.853. The lowest BCUT2D eigenvalue weighted by Crippen LogP contribution is -2.33. The first-order valence-electron chi connectivity index (χ1n) is 7.01. The summed E-state index contributed by atoms with van der Waals surface area (Å²) < 4.78 is 40.7. The van der Waals surface area contributed by atoms with Crippen LogP contribution >= 0.6 is 0 Å². The lowest BCUT2D eigenvalue weighted by Gasteiger charge is -2.19. The van der Waals surface area contributed by atoms with E-state index >= 15 is 0 Å². The average Bonchev–Trinajstić information content (AvgIpc) is 2.46. The molecule has 0 aliphatic heterocycles. The lowest BCUT2D eigenvalue weighted by molar-refractivity contribution is 0.469. The van der Waals surface area contributed by atoms with Crippen LogP contribution in [-0.4, -0.2) is 12.6 Å². The third kappa shape index (κ3) is 4.08. The van der Waals surface area contributed by atoms with Crippen molar-refractivity contribution < 1.29 is 13.2 Å². The van der Waals surface area contributed by atoms with Crippen molar-refractivity contribution >= 4 is 0 Å². The van der Waals surface area contributed by atoms with Gasteiger partial charge in [-0.25, -0.2) is 13.2 Å². The summed E-state index contributed by atoms with van der Waals surface area (Å²) >= 11 is 0. The molecule has 1 nitrogen and oxygen atoms in total. The molecule has 0 amide bonds. The van der Waals surface area contributed by atoms with Gasteiger partial charge in [0.2, 0.25) is 0 Å². The Labute approximate surface area is 122 Å². The molecule has 0 spiro atoms. The van der Waals surface area contributed by atoms with Gasteiger partial charge in [-0.05, 0) is 42.6 Å². The van der Waals surface area contributed by atoms with Crippen molar-refractivity contribution in [1.29, 1.82) is 0 Å². The second-order valence-corrected chi connectivity index (χ2v) is 4.97. The maximum atomic E-state index is 13.7. The van der Waals surface area contributed by atoms with Crippen molar-refractivity contribution in [2.75, 3.05) is 6.54 Å². The molecule has 2 aromatic rings. The normalized spacial score (nSPS) is 12.4. The average molecular weight is 293 g/mol. The summed E-state index contributed by atoms with van der Waals surface area (Å²) in [5, 5.41) is 3.20. The number of likely N-dealkylation sites (N-methyl/N-ethyl adjacent to an activating group) is 1. The first-order chi connectivity index (χ1) is 10.1. The molecule has 0 fully saturated rings. The van der Waals surface area contributed by atoms with Gasteiger partial charge in [-0.2, -0.15) is 0 Å². The van der Waals surface area contributed by atoms with E-state index in [9.17, 15) is 13.2 Å². The highest BCUT2D eigenvalue weighted by molar-refractivity contribution is 5.22. The standard InChI is InChI=1S/C17H18F3N/c1-2-21-14(10-12-6-3-4-8-15(12)18)11-13-7-5-9-16(19)17(13)20/h3-9,14,21H,2,10-11H2,1H3. The summed E-state index contributed by atoms with van der Waals surface area (Å²) in [5.74, 6) is -1.96. The van der Waals surface area contributed by atoms with Gasteiger partial charge in [0.25, 0.3) is 0 Å². The number of hydrogen-bond acceptors (Lipinski definition) is 1. The van der Waals surface area contributed by atoms with Gasteiger partial charge in [0.05, 0.1) is 0 Å². The largest absolute Gasteiger partial charge is 0.314 e. The van der Waals surface area contributed by atoms with E-state index in [0.717, 1.165) is 6.07 Å². The van der Waals surface area contributed by atoms with Crippen LogP contribution in [0.25, 0.3) is 0 Å². The number of nitrogens with one attached hydrogen (secondary N) is 1. The summed E-state index contributed by atoms with van der Waals surface area (Å²) in [4.78, 5) is 0. The molecule has 2 rings (SSSR count). The second kappa shape index (κ2) is 7.27. The van der Waals surface area contributed by atoms with Gasteiger partial charge < -0.3 is 5.32 Å². The fraction of sp³-hybridized carbons (Fsp3) is 0.294. The van der Waals surface area contributed by atoms with Crippen LogP contribution < -0.4 is 5.32 Å². The van der Waals surface area contributed by atoms with Crippen molar-refractivity contribution in [2.45, 2.75) is 25.8 Å². The molecule has 1 atom stereocenters. The zero-order valence-corrected chi connectivity index (χ0v) is 11.9. The van der Waals surface area contributed by atoms with Crippen molar-refractivity contribution in [2.24, 2.45) is 0 Å². The topological polar surface area (TPSA) is 12.0 Å². The Hall–Kier alpha value is -1.81. The van der Waals surface area contributed by atoms with Gasteiger partial charge in [0, 0.05) is 6.04 Å². The van der Waals surface area contributed by atoms with E-state index in [0.29, 0.717) is 30.5 Å². The Morgan fingerprint density at radius 3 is 2.19 bits per heavy atom. The highest BCUT2D eigenvalue weighted by atomic mass is 19.2. The monoisotopic (exact) mass is 293 g/mol. The maximum absolute atomic E-state index is 13.7. The van der Waals surface area contributed by atoms with Crippen LogP contribution in [0.1, 0.15) is 18.1 Å². The van der Waals surface area contributed by atoms with Crippen LogP contribution in [0, 0.1) is 17.5 Å². The van der Waals surface area contributed by atoms with E-state index in [4.69, 9.17) is 0 Å². The SMILES string of the molecule is CCNC(Cc1ccccc1F)Cc1cccc(F)c1F. The van der Waals surface area contributed by atoms with Crippen LogP contribution in [0.3, 0.4) is 0 Å². The molecule has 0 aliphatic rings. The van der Waals surface area contributed by atoms with Crippen LogP contribution in [0.2, 0.25) is 0 Å². The zero-order valence-electron chi connectivity index (χ0n) is 11.9. The quantitative estimate of drug-likeness (QED) is 0.852. The fourth-order valence-corrected chi connectivity index (χ4v) is 2.41. The Balaban J connectivity index is 2.16. The molecule has 1 N–H and O–H groups in total. The van der Waals surface area contributed by atoms with Gasteiger partial charge in [0.1, 0.15) is 5.82 Å². The smallest absolute Gasteiger partial charge is 0.162 e. The van der Waals surface area contributed by atoms with Crippen LogP contribution in [-0.2, 0) is 12.8 Å². The Kier molecular flexibility index (Phi) is 5.39. The first-order valence-corrected chi connectivity index (χ1v) is 7.01. The molecule has 0 radical (unpaired) electrons. The minimum Gasteiger partial charge on any atom is -0.314 e. The van der Waals surface area contributed by atoms with Gasteiger partial charge in [0.15, 0.2) is 11.6 Å². The highest BCUT2D eigenvalue weighted by Gasteiger charge is 2.15. The van der Waals surface area contributed by atoms with E-state index in [-0.39, 0.29) is 11.9 Å². The first kappa shape index (κ1) is 15.6. The number of benzene rings is 2. The van der Waals surface area contributed by atoms with Gasteiger partial charge in [-0.1, -0.05) is 37.3 Å². The summed E-state index contributed by atoms with van der Waals surface area (Å²) in [6, 6.07) is 10.5. The predicted octanol–water partition coefficient (Wildman–Crippen LogP) is 3.87.